The van der Waals surface area contributed by atoms with Gasteiger partial charge in [0.25, 0.3) is 5.88 Å². The minimum Gasteiger partial charge on any atom is -0.484 e. The minimum absolute atomic E-state index is 0.170. The van der Waals surface area contributed by atoms with Gasteiger partial charge in [0.05, 0.1) is 11.7 Å². The number of rotatable bonds is 3. The van der Waals surface area contributed by atoms with Crippen LogP contribution in [0.4, 0.5) is 10.3 Å². The first-order valence-electron chi connectivity index (χ1n) is 9.28. The van der Waals surface area contributed by atoms with E-state index in [1.54, 1.807) is 0 Å². The summed E-state index contributed by atoms with van der Waals surface area (Å²) in [7, 11) is 0. The molecule has 1 saturated heterocycles. The van der Waals surface area contributed by atoms with Crippen LogP contribution in [0.25, 0.3) is 0 Å². The SMILES string of the molecule is Cc1cnc(N2CCN([C@@H](C)c3nc4c(cc3F)OCCO4)[C@H](C)C2)nc1. The number of piperazine rings is 1. The van der Waals surface area contributed by atoms with Crippen molar-refractivity contribution in [3.8, 4) is 11.6 Å². The van der Waals surface area contributed by atoms with E-state index in [2.05, 4.69) is 31.7 Å². The van der Waals surface area contributed by atoms with Gasteiger partial charge in [-0.2, -0.15) is 0 Å². The summed E-state index contributed by atoms with van der Waals surface area (Å²) in [5.41, 5.74) is 1.44. The first kappa shape index (κ1) is 17.9. The van der Waals surface area contributed by atoms with Crippen molar-refractivity contribution in [2.75, 3.05) is 37.7 Å². The molecule has 0 bridgehead atoms. The molecule has 1 fully saturated rings. The summed E-state index contributed by atoms with van der Waals surface area (Å²) in [6.07, 6.45) is 3.66. The Labute approximate surface area is 158 Å². The zero-order valence-corrected chi connectivity index (χ0v) is 15.9. The van der Waals surface area contributed by atoms with E-state index >= 15 is 0 Å². The number of pyridine rings is 1. The highest BCUT2D eigenvalue weighted by Crippen LogP contribution is 2.34. The van der Waals surface area contributed by atoms with Crippen molar-refractivity contribution in [1.29, 1.82) is 0 Å². The number of aromatic nitrogens is 3. The lowest BCUT2D eigenvalue weighted by molar-refractivity contribution is 0.128. The number of anilines is 1. The van der Waals surface area contributed by atoms with Crippen LogP contribution >= 0.6 is 0 Å². The highest BCUT2D eigenvalue weighted by Gasteiger charge is 2.32. The van der Waals surface area contributed by atoms with Gasteiger partial charge in [-0.1, -0.05) is 0 Å². The van der Waals surface area contributed by atoms with E-state index in [4.69, 9.17) is 9.47 Å². The molecule has 2 aliphatic heterocycles. The number of hydrogen-bond donors (Lipinski definition) is 0. The maximum atomic E-state index is 14.6. The Balaban J connectivity index is 1.50. The van der Waals surface area contributed by atoms with E-state index in [1.165, 1.54) is 6.07 Å². The summed E-state index contributed by atoms with van der Waals surface area (Å²) in [4.78, 5) is 17.7. The van der Waals surface area contributed by atoms with Crippen LogP contribution in [0.1, 0.15) is 31.1 Å². The van der Waals surface area contributed by atoms with Gasteiger partial charge in [-0.25, -0.2) is 19.3 Å². The molecule has 0 unspecified atom stereocenters. The van der Waals surface area contributed by atoms with Crippen molar-refractivity contribution < 1.29 is 13.9 Å². The van der Waals surface area contributed by atoms with Crippen LogP contribution in [-0.4, -0.2) is 58.7 Å². The van der Waals surface area contributed by atoms with E-state index in [0.717, 1.165) is 31.1 Å². The van der Waals surface area contributed by atoms with E-state index in [-0.39, 0.29) is 17.9 Å². The zero-order chi connectivity index (χ0) is 19.0. The molecule has 2 atom stereocenters. The average molecular weight is 373 g/mol. The number of nitrogens with zero attached hydrogens (tertiary/aromatic N) is 5. The van der Waals surface area contributed by atoms with Crippen LogP contribution in [0.3, 0.4) is 0 Å². The van der Waals surface area contributed by atoms with Gasteiger partial charge in [0.15, 0.2) is 5.75 Å². The van der Waals surface area contributed by atoms with Crippen LogP contribution < -0.4 is 14.4 Å². The van der Waals surface area contributed by atoms with E-state index in [9.17, 15) is 4.39 Å². The van der Waals surface area contributed by atoms with Crippen LogP contribution in [-0.2, 0) is 0 Å². The number of ether oxygens (including phenoxy) is 2. The number of fused-ring (bicyclic) bond motifs is 1. The van der Waals surface area contributed by atoms with E-state index in [0.29, 0.717) is 30.5 Å². The Bertz CT molecular complexity index is 816. The molecule has 8 heteroatoms. The molecule has 2 aromatic rings. The molecule has 0 N–H and O–H groups in total. The van der Waals surface area contributed by atoms with Crippen molar-refractivity contribution >= 4 is 5.95 Å². The monoisotopic (exact) mass is 373 g/mol. The van der Waals surface area contributed by atoms with Crippen molar-refractivity contribution in [1.82, 2.24) is 19.9 Å². The molecule has 0 aliphatic carbocycles. The predicted octanol–water partition coefficient (Wildman–Crippen LogP) is 2.36. The number of aryl methyl sites for hydroxylation is 1. The first-order chi connectivity index (χ1) is 13.0. The number of hydrogen-bond acceptors (Lipinski definition) is 7. The quantitative estimate of drug-likeness (QED) is 0.818. The molecule has 27 heavy (non-hydrogen) atoms. The maximum Gasteiger partial charge on any atom is 0.257 e. The molecular weight excluding hydrogens is 349 g/mol. The lowest BCUT2D eigenvalue weighted by Crippen LogP contribution is -2.53. The van der Waals surface area contributed by atoms with Gasteiger partial charge in [0.1, 0.15) is 19.0 Å². The van der Waals surface area contributed by atoms with Crippen LogP contribution in [0.2, 0.25) is 0 Å². The third-order valence-electron chi connectivity index (χ3n) is 5.14. The van der Waals surface area contributed by atoms with Gasteiger partial charge < -0.3 is 14.4 Å². The lowest BCUT2D eigenvalue weighted by Gasteiger charge is -2.42. The molecule has 2 aromatic heterocycles. The topological polar surface area (TPSA) is 63.6 Å². The van der Waals surface area contributed by atoms with Gasteiger partial charge >= 0.3 is 0 Å². The van der Waals surface area contributed by atoms with Crippen molar-refractivity contribution in [3.63, 3.8) is 0 Å². The molecule has 0 saturated carbocycles. The standard InChI is InChI=1S/C19H24FN5O2/c1-12-9-21-19(22-10-12)24-4-5-25(13(2)11-24)14(3)17-15(20)8-16-18(23-17)27-7-6-26-16/h8-10,13-14H,4-7,11H2,1-3H3/t13-,14+/m1/s1. The number of halogens is 1. The molecule has 0 spiro atoms. The fourth-order valence-electron chi connectivity index (χ4n) is 3.69. The Morgan fingerprint density at radius 2 is 1.93 bits per heavy atom. The van der Waals surface area contributed by atoms with Crippen molar-refractivity contribution in [2.45, 2.75) is 32.9 Å². The van der Waals surface area contributed by atoms with E-state index < -0.39 is 0 Å². The van der Waals surface area contributed by atoms with Gasteiger partial charge in [0, 0.05) is 44.1 Å². The molecule has 2 aliphatic rings. The summed E-state index contributed by atoms with van der Waals surface area (Å²) in [6, 6.07) is 1.42. The summed E-state index contributed by atoms with van der Waals surface area (Å²) in [5, 5.41) is 0. The van der Waals surface area contributed by atoms with Crippen molar-refractivity contribution in [3.05, 3.63) is 35.5 Å². The zero-order valence-electron chi connectivity index (χ0n) is 15.9. The highest BCUT2D eigenvalue weighted by atomic mass is 19.1. The smallest absolute Gasteiger partial charge is 0.257 e. The van der Waals surface area contributed by atoms with Gasteiger partial charge in [-0.15, -0.1) is 0 Å². The molecule has 0 radical (unpaired) electrons. The second-order valence-electron chi connectivity index (χ2n) is 7.12. The molecule has 0 aromatic carbocycles. The fraction of sp³-hybridized carbons (Fsp3) is 0.526. The summed E-state index contributed by atoms with van der Waals surface area (Å²) in [5.74, 6) is 1.14. The normalized spacial score (nSPS) is 21.2. The van der Waals surface area contributed by atoms with Crippen molar-refractivity contribution in [2.24, 2.45) is 0 Å². The first-order valence-corrected chi connectivity index (χ1v) is 9.28. The van der Waals surface area contributed by atoms with Crippen LogP contribution in [0.5, 0.6) is 11.6 Å². The average Bonchev–Trinajstić information content (AvgIpc) is 2.67. The van der Waals surface area contributed by atoms with Gasteiger partial charge in [-0.3, -0.25) is 4.90 Å². The molecule has 4 rings (SSSR count). The van der Waals surface area contributed by atoms with E-state index in [1.807, 2.05) is 26.2 Å². The Kier molecular flexibility index (Phi) is 4.82. The third-order valence-corrected chi connectivity index (χ3v) is 5.14. The second kappa shape index (κ2) is 7.26. The van der Waals surface area contributed by atoms with Gasteiger partial charge in [-0.05, 0) is 26.3 Å². The lowest BCUT2D eigenvalue weighted by atomic mass is 10.1. The molecule has 144 valence electrons. The molecule has 7 nitrogen and oxygen atoms in total. The van der Waals surface area contributed by atoms with Crippen LogP contribution in [0.15, 0.2) is 18.5 Å². The summed E-state index contributed by atoms with van der Waals surface area (Å²) >= 11 is 0. The second-order valence-corrected chi connectivity index (χ2v) is 7.12. The Morgan fingerprint density at radius 1 is 1.19 bits per heavy atom. The maximum absolute atomic E-state index is 14.6. The van der Waals surface area contributed by atoms with Gasteiger partial charge in [0.2, 0.25) is 5.95 Å². The predicted molar refractivity (Wildman–Crippen MR) is 98.8 cm³/mol. The summed E-state index contributed by atoms with van der Waals surface area (Å²) < 4.78 is 25.6. The Hall–Kier alpha value is -2.48. The molecule has 0 amide bonds. The third kappa shape index (κ3) is 3.53. The highest BCUT2D eigenvalue weighted by molar-refractivity contribution is 5.38. The molecular formula is C19H24FN5O2. The van der Waals surface area contributed by atoms with Crippen LogP contribution in [0, 0.1) is 12.7 Å². The molecule has 4 heterocycles. The Morgan fingerprint density at radius 3 is 2.67 bits per heavy atom. The largest absolute Gasteiger partial charge is 0.484 e. The minimum atomic E-state index is -0.358. The fourth-order valence-corrected chi connectivity index (χ4v) is 3.69. The summed E-state index contributed by atoms with van der Waals surface area (Å²) in [6.45, 7) is 9.27.